The van der Waals surface area contributed by atoms with Crippen LogP contribution in [-0.4, -0.2) is 11.6 Å². The van der Waals surface area contributed by atoms with E-state index >= 15 is 0 Å². The van der Waals surface area contributed by atoms with Crippen LogP contribution in [0.1, 0.15) is 147 Å². The van der Waals surface area contributed by atoms with Gasteiger partial charge in [0.2, 0.25) is 11.6 Å². The van der Waals surface area contributed by atoms with Crippen molar-refractivity contribution in [3.63, 3.8) is 0 Å². The lowest BCUT2D eigenvalue weighted by molar-refractivity contribution is 0.0817. The van der Waals surface area contributed by atoms with E-state index in [-0.39, 0.29) is 12.4 Å². The molecule has 3 nitrogen and oxygen atoms in total. The molecule has 2 rings (SSSR count). The molecule has 0 saturated carbocycles. The summed E-state index contributed by atoms with van der Waals surface area (Å²) < 4.78 is 0. The van der Waals surface area contributed by atoms with Crippen LogP contribution in [0, 0.1) is 13.8 Å². The van der Waals surface area contributed by atoms with Gasteiger partial charge in [0.25, 0.3) is 0 Å². The molecule has 4 heteroatoms. The largest absolute Gasteiger partial charge is 0.398 e. The Bertz CT molecular complexity index is 955. The molecule has 2 aromatic rings. The Hall–Kier alpha value is -2.13. The lowest BCUT2D eigenvalue weighted by Gasteiger charge is -2.15. The van der Waals surface area contributed by atoms with Crippen LogP contribution in [0.15, 0.2) is 36.4 Å². The second kappa shape index (κ2) is 19.9. The number of nitrogen functional groups attached to an aromatic ring is 1. The topological polar surface area (TPSA) is 60.2 Å². The predicted octanol–water partition coefficient (Wildman–Crippen LogP) is 10.2. The van der Waals surface area contributed by atoms with E-state index < -0.39 is 11.6 Å². The molecule has 0 unspecified atom stereocenters. The van der Waals surface area contributed by atoms with Gasteiger partial charge in [-0.1, -0.05) is 134 Å². The number of hydrogen-bond donors (Lipinski definition) is 1. The smallest absolute Gasteiger partial charge is 0.235 e. The molecule has 0 atom stereocenters. The molecule has 0 aliphatic carbocycles. The second-order valence-electron chi connectivity index (χ2n) is 10.8. The van der Waals surface area contributed by atoms with Crippen LogP contribution in [0.2, 0.25) is 0 Å². The first-order valence-corrected chi connectivity index (χ1v) is 15.0. The minimum absolute atomic E-state index is 0. The maximum absolute atomic E-state index is 13.0. The SMILES string of the molecule is CCCCCCCCCCCCCCCCCCc1cc(C(=O)C(=O)c2ccccc2)c(N)c(C)c1C.Cl. The number of ketones is 2. The number of nitrogens with two attached hydrogens (primary N) is 1. The summed E-state index contributed by atoms with van der Waals surface area (Å²) in [5, 5.41) is 0. The minimum Gasteiger partial charge on any atom is -0.398 e. The molecule has 0 bridgehead atoms. The summed E-state index contributed by atoms with van der Waals surface area (Å²) in [6.07, 6.45) is 22.6. The average molecular weight is 542 g/mol. The van der Waals surface area contributed by atoms with Gasteiger partial charge in [-0.25, -0.2) is 0 Å². The van der Waals surface area contributed by atoms with Gasteiger partial charge in [-0.3, -0.25) is 9.59 Å². The van der Waals surface area contributed by atoms with Gasteiger partial charge >= 0.3 is 0 Å². The molecule has 0 aliphatic rings. The first-order valence-electron chi connectivity index (χ1n) is 15.0. The van der Waals surface area contributed by atoms with Crippen LogP contribution in [0.5, 0.6) is 0 Å². The van der Waals surface area contributed by atoms with Gasteiger partial charge in [0.15, 0.2) is 0 Å². The van der Waals surface area contributed by atoms with Crippen molar-refractivity contribution in [2.24, 2.45) is 0 Å². The molecule has 2 aromatic carbocycles. The molecule has 2 N–H and O–H groups in total. The Morgan fingerprint density at radius 2 is 1.08 bits per heavy atom. The van der Waals surface area contributed by atoms with Gasteiger partial charge in [0.05, 0.1) is 0 Å². The molecular weight excluding hydrogens is 490 g/mol. The lowest BCUT2D eigenvalue weighted by Crippen LogP contribution is -2.18. The summed E-state index contributed by atoms with van der Waals surface area (Å²) in [5.41, 5.74) is 10.7. The third-order valence-corrected chi connectivity index (χ3v) is 7.84. The highest BCUT2D eigenvalue weighted by molar-refractivity contribution is 6.50. The van der Waals surface area contributed by atoms with Gasteiger partial charge in [-0.15, -0.1) is 12.4 Å². The Labute approximate surface area is 238 Å². The van der Waals surface area contributed by atoms with Crippen LogP contribution in [-0.2, 0) is 6.42 Å². The van der Waals surface area contributed by atoms with Crippen molar-refractivity contribution in [1.82, 2.24) is 0 Å². The maximum Gasteiger partial charge on any atom is 0.235 e. The number of carbonyl (C=O) groups excluding carboxylic acids is 2. The highest BCUT2D eigenvalue weighted by Gasteiger charge is 2.23. The zero-order valence-corrected chi connectivity index (χ0v) is 25.1. The maximum atomic E-state index is 13.0. The Morgan fingerprint density at radius 1 is 0.632 bits per heavy atom. The van der Waals surface area contributed by atoms with E-state index in [1.807, 2.05) is 19.1 Å². The first kappa shape index (κ1) is 33.9. The number of rotatable bonds is 20. The number of aryl methyl sites for hydroxylation is 1. The predicted molar refractivity (Wildman–Crippen MR) is 166 cm³/mol. The van der Waals surface area contributed by atoms with Crippen LogP contribution in [0.3, 0.4) is 0 Å². The monoisotopic (exact) mass is 541 g/mol. The van der Waals surface area contributed by atoms with E-state index in [4.69, 9.17) is 5.73 Å². The van der Waals surface area contributed by atoms with E-state index in [0.717, 1.165) is 29.5 Å². The third kappa shape index (κ3) is 11.7. The molecule has 0 aromatic heterocycles. The molecule has 0 amide bonds. The molecular formula is C34H52ClNO2. The van der Waals surface area contributed by atoms with Gasteiger partial charge in [0, 0.05) is 16.8 Å². The number of hydrogen-bond acceptors (Lipinski definition) is 3. The van der Waals surface area contributed by atoms with Gasteiger partial charge < -0.3 is 5.73 Å². The normalized spacial score (nSPS) is 10.8. The summed E-state index contributed by atoms with van der Waals surface area (Å²) in [7, 11) is 0. The van der Waals surface area contributed by atoms with Crippen molar-refractivity contribution in [2.45, 2.75) is 130 Å². The lowest BCUT2D eigenvalue weighted by atomic mass is 9.90. The van der Waals surface area contributed by atoms with Crippen molar-refractivity contribution in [3.05, 3.63) is 64.2 Å². The highest BCUT2D eigenvalue weighted by Crippen LogP contribution is 2.27. The van der Waals surface area contributed by atoms with Crippen molar-refractivity contribution >= 4 is 29.7 Å². The van der Waals surface area contributed by atoms with Crippen molar-refractivity contribution < 1.29 is 9.59 Å². The fraction of sp³-hybridized carbons (Fsp3) is 0.588. The summed E-state index contributed by atoms with van der Waals surface area (Å²) in [4.78, 5) is 25.7. The summed E-state index contributed by atoms with van der Waals surface area (Å²) in [6.45, 7) is 6.30. The zero-order valence-electron chi connectivity index (χ0n) is 24.3. The number of anilines is 1. The average Bonchev–Trinajstić information content (AvgIpc) is 2.92. The Balaban J connectivity index is 0.00000722. The highest BCUT2D eigenvalue weighted by atomic mass is 35.5. The van der Waals surface area contributed by atoms with Crippen LogP contribution < -0.4 is 5.73 Å². The summed E-state index contributed by atoms with van der Waals surface area (Å²) in [6, 6.07) is 10.6. The fourth-order valence-corrected chi connectivity index (χ4v) is 5.16. The number of Topliss-reactive ketones (excluding diaryl/α,β-unsaturated/α-hetero) is 2. The van der Waals surface area contributed by atoms with Crippen LogP contribution in [0.4, 0.5) is 5.69 Å². The van der Waals surface area contributed by atoms with Gasteiger partial charge in [0.1, 0.15) is 0 Å². The molecule has 38 heavy (non-hydrogen) atoms. The number of halogens is 1. The number of benzene rings is 2. The van der Waals surface area contributed by atoms with Crippen molar-refractivity contribution in [2.75, 3.05) is 5.73 Å². The minimum atomic E-state index is -0.514. The Kier molecular flexibility index (Phi) is 17.7. The zero-order chi connectivity index (χ0) is 26.9. The second-order valence-corrected chi connectivity index (χ2v) is 10.8. The van der Waals surface area contributed by atoms with E-state index in [9.17, 15) is 9.59 Å². The number of carbonyl (C=O) groups is 2. The standard InChI is InChI=1S/C34H51NO2.ClH/c1-4-5-6-7-8-9-10-11-12-13-14-15-16-17-18-20-25-30-26-31(32(35)28(3)27(30)2)34(37)33(36)29-23-21-19-22-24-29;/h19,21-24,26H,4-18,20,25,35H2,1-3H3;1H. The quantitative estimate of drug-likeness (QED) is 0.0784. The van der Waals surface area contributed by atoms with Crippen LogP contribution >= 0.6 is 12.4 Å². The molecule has 0 heterocycles. The van der Waals surface area contributed by atoms with Crippen molar-refractivity contribution in [1.29, 1.82) is 0 Å². The van der Waals surface area contributed by atoms with E-state index in [2.05, 4.69) is 13.8 Å². The molecule has 0 saturated heterocycles. The summed E-state index contributed by atoms with van der Waals surface area (Å²) >= 11 is 0. The molecule has 0 radical (unpaired) electrons. The molecule has 212 valence electrons. The van der Waals surface area contributed by atoms with Crippen LogP contribution in [0.25, 0.3) is 0 Å². The molecule has 0 fully saturated rings. The van der Waals surface area contributed by atoms with E-state index in [0.29, 0.717) is 16.8 Å². The van der Waals surface area contributed by atoms with Crippen molar-refractivity contribution in [3.8, 4) is 0 Å². The van der Waals surface area contributed by atoms with E-state index in [1.165, 1.54) is 96.3 Å². The summed E-state index contributed by atoms with van der Waals surface area (Å²) in [5.74, 6) is -1.01. The van der Waals surface area contributed by atoms with Gasteiger partial charge in [-0.2, -0.15) is 0 Å². The van der Waals surface area contributed by atoms with E-state index in [1.54, 1.807) is 24.3 Å². The van der Waals surface area contributed by atoms with Gasteiger partial charge in [-0.05, 0) is 49.4 Å². The first-order chi connectivity index (χ1) is 18.0. The molecule has 0 spiro atoms. The Morgan fingerprint density at radius 3 is 1.55 bits per heavy atom. The third-order valence-electron chi connectivity index (χ3n) is 7.84. The fourth-order valence-electron chi connectivity index (χ4n) is 5.16. The number of unbranched alkanes of at least 4 members (excludes halogenated alkanes) is 15. The molecule has 0 aliphatic heterocycles.